The predicted octanol–water partition coefficient (Wildman–Crippen LogP) is 1.22. The molecule has 1 aliphatic carbocycles. The summed E-state index contributed by atoms with van der Waals surface area (Å²) in [7, 11) is 0. The molecule has 0 unspecified atom stereocenters. The van der Waals surface area contributed by atoms with E-state index in [0.717, 1.165) is 38.6 Å². The van der Waals surface area contributed by atoms with Gasteiger partial charge in [-0.15, -0.1) is 0 Å². The standard InChI is InChI=1S/C11H17NO2/c13-8-10-3-5-12(6-4-10)11(14)7-9-1-2-9/h8-10H,1-7H2. The van der Waals surface area contributed by atoms with Crippen LogP contribution in [-0.2, 0) is 9.59 Å². The minimum absolute atomic E-state index is 0.194. The minimum Gasteiger partial charge on any atom is -0.343 e. The first-order valence-electron chi connectivity index (χ1n) is 5.52. The molecule has 0 N–H and O–H groups in total. The molecule has 1 heterocycles. The van der Waals surface area contributed by atoms with E-state index < -0.39 is 0 Å². The topological polar surface area (TPSA) is 37.4 Å². The summed E-state index contributed by atoms with van der Waals surface area (Å²) in [6.45, 7) is 1.57. The SMILES string of the molecule is O=CC1CCN(C(=O)CC2CC2)CC1. The van der Waals surface area contributed by atoms with Crippen molar-refractivity contribution in [1.82, 2.24) is 4.90 Å². The van der Waals surface area contributed by atoms with Crippen molar-refractivity contribution in [2.75, 3.05) is 13.1 Å². The number of piperidine rings is 1. The van der Waals surface area contributed by atoms with Gasteiger partial charge in [0, 0.05) is 25.4 Å². The van der Waals surface area contributed by atoms with E-state index >= 15 is 0 Å². The third-order valence-electron chi connectivity index (χ3n) is 3.24. The molecule has 2 fully saturated rings. The number of hydrogen-bond acceptors (Lipinski definition) is 2. The highest BCUT2D eigenvalue weighted by molar-refractivity contribution is 5.77. The average molecular weight is 195 g/mol. The van der Waals surface area contributed by atoms with E-state index in [-0.39, 0.29) is 5.92 Å². The van der Waals surface area contributed by atoms with Gasteiger partial charge in [0.2, 0.25) is 5.91 Å². The van der Waals surface area contributed by atoms with Gasteiger partial charge in [-0.05, 0) is 31.6 Å². The lowest BCUT2D eigenvalue weighted by atomic mass is 9.98. The lowest BCUT2D eigenvalue weighted by Crippen LogP contribution is -2.38. The Morgan fingerprint density at radius 2 is 1.86 bits per heavy atom. The highest BCUT2D eigenvalue weighted by Crippen LogP contribution is 2.33. The Labute approximate surface area is 84.5 Å². The first-order chi connectivity index (χ1) is 6.79. The van der Waals surface area contributed by atoms with Crippen LogP contribution in [0, 0.1) is 11.8 Å². The fourth-order valence-corrected chi connectivity index (χ4v) is 1.98. The molecule has 1 saturated carbocycles. The smallest absolute Gasteiger partial charge is 0.222 e. The number of rotatable bonds is 3. The van der Waals surface area contributed by atoms with Crippen LogP contribution in [0.1, 0.15) is 32.1 Å². The van der Waals surface area contributed by atoms with Gasteiger partial charge in [-0.2, -0.15) is 0 Å². The van der Waals surface area contributed by atoms with Crippen molar-refractivity contribution < 1.29 is 9.59 Å². The zero-order valence-electron chi connectivity index (χ0n) is 8.45. The number of carbonyl (C=O) groups excluding carboxylic acids is 2. The summed E-state index contributed by atoms with van der Waals surface area (Å²) < 4.78 is 0. The Morgan fingerprint density at radius 1 is 1.21 bits per heavy atom. The Hall–Kier alpha value is -0.860. The van der Waals surface area contributed by atoms with Crippen LogP contribution < -0.4 is 0 Å². The first kappa shape index (κ1) is 9.69. The monoisotopic (exact) mass is 195 g/mol. The van der Waals surface area contributed by atoms with E-state index in [2.05, 4.69) is 0 Å². The molecule has 14 heavy (non-hydrogen) atoms. The molecule has 0 aromatic carbocycles. The molecule has 1 saturated heterocycles. The largest absolute Gasteiger partial charge is 0.343 e. The van der Waals surface area contributed by atoms with Crippen molar-refractivity contribution in [1.29, 1.82) is 0 Å². The molecular formula is C11H17NO2. The molecule has 0 bridgehead atoms. The Bertz CT molecular complexity index is 227. The fraction of sp³-hybridized carbons (Fsp3) is 0.818. The quantitative estimate of drug-likeness (QED) is 0.635. The molecule has 0 aromatic rings. The van der Waals surface area contributed by atoms with Gasteiger partial charge < -0.3 is 9.69 Å². The molecule has 2 aliphatic rings. The van der Waals surface area contributed by atoms with Crippen LogP contribution in [0.15, 0.2) is 0 Å². The van der Waals surface area contributed by atoms with E-state index in [0.29, 0.717) is 11.8 Å². The second kappa shape index (κ2) is 4.11. The van der Waals surface area contributed by atoms with E-state index in [1.807, 2.05) is 4.90 Å². The van der Waals surface area contributed by atoms with E-state index in [1.54, 1.807) is 0 Å². The summed E-state index contributed by atoms with van der Waals surface area (Å²) in [4.78, 5) is 24.1. The second-order valence-electron chi connectivity index (χ2n) is 4.50. The number of nitrogens with zero attached hydrogens (tertiary/aromatic N) is 1. The lowest BCUT2D eigenvalue weighted by Gasteiger charge is -2.29. The molecule has 0 radical (unpaired) electrons. The first-order valence-corrected chi connectivity index (χ1v) is 5.52. The van der Waals surface area contributed by atoms with Crippen molar-refractivity contribution in [3.63, 3.8) is 0 Å². The van der Waals surface area contributed by atoms with Gasteiger partial charge in [0.15, 0.2) is 0 Å². The summed E-state index contributed by atoms with van der Waals surface area (Å²) in [6, 6.07) is 0. The maximum atomic E-state index is 11.7. The molecular weight excluding hydrogens is 178 g/mol. The molecule has 78 valence electrons. The third kappa shape index (κ3) is 2.34. The van der Waals surface area contributed by atoms with Crippen molar-refractivity contribution in [3.05, 3.63) is 0 Å². The van der Waals surface area contributed by atoms with Gasteiger partial charge in [0.05, 0.1) is 0 Å². The van der Waals surface area contributed by atoms with Crippen molar-refractivity contribution in [3.8, 4) is 0 Å². The minimum atomic E-state index is 0.194. The molecule has 0 aromatic heterocycles. The Morgan fingerprint density at radius 3 is 2.36 bits per heavy atom. The second-order valence-corrected chi connectivity index (χ2v) is 4.50. The van der Waals surface area contributed by atoms with Crippen LogP contribution in [0.5, 0.6) is 0 Å². The number of aldehydes is 1. The maximum Gasteiger partial charge on any atom is 0.222 e. The normalized spacial score (nSPS) is 23.6. The van der Waals surface area contributed by atoms with Gasteiger partial charge in [-0.25, -0.2) is 0 Å². The van der Waals surface area contributed by atoms with Crippen LogP contribution in [0.4, 0.5) is 0 Å². The zero-order chi connectivity index (χ0) is 9.97. The average Bonchev–Trinajstić information content (AvgIpc) is 3.02. The number of carbonyl (C=O) groups is 2. The number of amides is 1. The lowest BCUT2D eigenvalue weighted by molar-refractivity contribution is -0.133. The van der Waals surface area contributed by atoms with E-state index in [4.69, 9.17) is 0 Å². The summed E-state index contributed by atoms with van der Waals surface area (Å²) in [5.74, 6) is 1.17. The van der Waals surface area contributed by atoms with Crippen LogP contribution in [0.2, 0.25) is 0 Å². The van der Waals surface area contributed by atoms with Gasteiger partial charge >= 0.3 is 0 Å². The molecule has 1 aliphatic heterocycles. The van der Waals surface area contributed by atoms with Crippen LogP contribution in [-0.4, -0.2) is 30.2 Å². The Kier molecular flexibility index (Phi) is 2.85. The highest BCUT2D eigenvalue weighted by Gasteiger charge is 2.28. The summed E-state index contributed by atoms with van der Waals surface area (Å²) in [5, 5.41) is 0. The van der Waals surface area contributed by atoms with Crippen LogP contribution >= 0.6 is 0 Å². The molecule has 0 atom stereocenters. The zero-order valence-corrected chi connectivity index (χ0v) is 8.45. The van der Waals surface area contributed by atoms with Gasteiger partial charge in [-0.1, -0.05) is 0 Å². The van der Waals surface area contributed by atoms with Crippen LogP contribution in [0.3, 0.4) is 0 Å². The number of likely N-dealkylation sites (tertiary alicyclic amines) is 1. The fourth-order valence-electron chi connectivity index (χ4n) is 1.98. The highest BCUT2D eigenvalue weighted by atomic mass is 16.2. The maximum absolute atomic E-state index is 11.7. The third-order valence-corrected chi connectivity index (χ3v) is 3.24. The van der Waals surface area contributed by atoms with Gasteiger partial charge in [0.1, 0.15) is 6.29 Å². The van der Waals surface area contributed by atoms with Gasteiger partial charge in [-0.3, -0.25) is 4.79 Å². The van der Waals surface area contributed by atoms with Crippen molar-refractivity contribution in [2.24, 2.45) is 11.8 Å². The molecule has 0 spiro atoms. The summed E-state index contributed by atoms with van der Waals surface area (Å²) in [5.41, 5.74) is 0. The van der Waals surface area contributed by atoms with E-state index in [9.17, 15) is 9.59 Å². The summed E-state index contributed by atoms with van der Waals surface area (Å²) in [6.07, 6.45) is 5.96. The van der Waals surface area contributed by atoms with E-state index in [1.165, 1.54) is 12.8 Å². The number of hydrogen-bond donors (Lipinski definition) is 0. The Balaban J connectivity index is 1.75. The van der Waals surface area contributed by atoms with Crippen LogP contribution in [0.25, 0.3) is 0 Å². The van der Waals surface area contributed by atoms with Gasteiger partial charge in [0.25, 0.3) is 0 Å². The summed E-state index contributed by atoms with van der Waals surface area (Å²) >= 11 is 0. The molecule has 2 rings (SSSR count). The molecule has 1 amide bonds. The molecule has 3 heteroatoms. The molecule has 3 nitrogen and oxygen atoms in total. The van der Waals surface area contributed by atoms with Crippen molar-refractivity contribution in [2.45, 2.75) is 32.1 Å². The predicted molar refractivity (Wildman–Crippen MR) is 52.7 cm³/mol. The van der Waals surface area contributed by atoms with Crippen molar-refractivity contribution >= 4 is 12.2 Å².